The van der Waals surface area contributed by atoms with E-state index in [0.717, 1.165) is 6.07 Å². The van der Waals surface area contributed by atoms with Gasteiger partial charge in [0.1, 0.15) is 10.7 Å². The van der Waals surface area contributed by atoms with Crippen molar-refractivity contribution in [3.63, 3.8) is 0 Å². The second kappa shape index (κ2) is 5.54. The van der Waals surface area contributed by atoms with Crippen LogP contribution in [0.2, 0.25) is 0 Å². The number of halogens is 1. The van der Waals surface area contributed by atoms with Crippen LogP contribution >= 0.6 is 0 Å². The zero-order valence-electron chi connectivity index (χ0n) is 10.3. The molecule has 1 aromatic carbocycles. The monoisotopic (exact) mass is 289 g/mol. The maximum Gasteiger partial charge on any atom is 0.244 e. The van der Waals surface area contributed by atoms with Crippen LogP contribution in [0.5, 0.6) is 0 Å². The first-order chi connectivity index (χ1) is 8.99. The summed E-state index contributed by atoms with van der Waals surface area (Å²) in [6, 6.07) is 5.16. The Bertz CT molecular complexity index is 540. The summed E-state index contributed by atoms with van der Waals surface area (Å²) in [5.41, 5.74) is -0.973. The Morgan fingerprint density at radius 2 is 1.95 bits per heavy atom. The lowest BCUT2D eigenvalue weighted by molar-refractivity contribution is 0.0222. The minimum atomic E-state index is -4.00. The average molecular weight is 289 g/mol. The van der Waals surface area contributed by atoms with E-state index >= 15 is 0 Å². The van der Waals surface area contributed by atoms with E-state index in [0.29, 0.717) is 26.1 Å². The van der Waals surface area contributed by atoms with Crippen molar-refractivity contribution in [2.45, 2.75) is 23.3 Å². The molecule has 1 aromatic rings. The number of sulfonamides is 1. The van der Waals surface area contributed by atoms with E-state index in [1.54, 1.807) is 0 Å². The van der Waals surface area contributed by atoms with Crippen LogP contribution < -0.4 is 4.72 Å². The molecular weight excluding hydrogens is 273 g/mol. The van der Waals surface area contributed by atoms with Crippen LogP contribution in [0.3, 0.4) is 0 Å². The highest BCUT2D eigenvalue weighted by atomic mass is 32.2. The average Bonchev–Trinajstić information content (AvgIpc) is 2.39. The second-order valence-electron chi connectivity index (χ2n) is 4.59. The zero-order chi connectivity index (χ0) is 13.9. The van der Waals surface area contributed by atoms with Crippen LogP contribution in [0.25, 0.3) is 0 Å². The number of nitrogens with one attached hydrogen (secondary N) is 1. The number of hydrogen-bond donors (Lipinski definition) is 2. The quantitative estimate of drug-likeness (QED) is 0.853. The topological polar surface area (TPSA) is 75.6 Å². The summed E-state index contributed by atoms with van der Waals surface area (Å²) in [6.07, 6.45) is 0.717. The van der Waals surface area contributed by atoms with Crippen molar-refractivity contribution in [1.82, 2.24) is 4.72 Å². The zero-order valence-corrected chi connectivity index (χ0v) is 11.1. The number of ether oxygens (including phenoxy) is 1. The summed E-state index contributed by atoms with van der Waals surface area (Å²) in [4.78, 5) is -0.408. The molecule has 7 heteroatoms. The summed E-state index contributed by atoms with van der Waals surface area (Å²) in [5.74, 6) is -0.810. The predicted octanol–water partition coefficient (Wildman–Crippen LogP) is 0.645. The van der Waals surface area contributed by atoms with Gasteiger partial charge in [0, 0.05) is 13.2 Å². The molecule has 0 atom stereocenters. The SMILES string of the molecule is O=S(=O)(NC1(CO)CCOCC1)c1ccccc1F. The number of rotatable bonds is 4. The van der Waals surface area contributed by atoms with Gasteiger partial charge in [0.2, 0.25) is 10.0 Å². The lowest BCUT2D eigenvalue weighted by Crippen LogP contribution is -2.54. The third-order valence-electron chi connectivity index (χ3n) is 3.23. The number of aliphatic hydroxyl groups excluding tert-OH is 1. The summed E-state index contributed by atoms with van der Waals surface area (Å²) < 4.78 is 45.5. The molecule has 0 aromatic heterocycles. The highest BCUT2D eigenvalue weighted by Crippen LogP contribution is 2.24. The van der Waals surface area contributed by atoms with E-state index < -0.39 is 26.3 Å². The maximum absolute atomic E-state index is 13.6. The van der Waals surface area contributed by atoms with Crippen molar-refractivity contribution in [1.29, 1.82) is 0 Å². The van der Waals surface area contributed by atoms with Crippen LogP contribution in [-0.4, -0.2) is 38.9 Å². The minimum absolute atomic E-state index is 0.343. The van der Waals surface area contributed by atoms with Gasteiger partial charge in [-0.1, -0.05) is 12.1 Å². The fourth-order valence-electron chi connectivity index (χ4n) is 2.06. The molecule has 0 spiro atoms. The van der Waals surface area contributed by atoms with Gasteiger partial charge in [-0.25, -0.2) is 17.5 Å². The summed E-state index contributed by atoms with van der Waals surface area (Å²) >= 11 is 0. The lowest BCUT2D eigenvalue weighted by atomic mass is 9.93. The Hall–Kier alpha value is -1.02. The Labute approximate surface area is 111 Å². The molecule has 1 saturated heterocycles. The highest BCUT2D eigenvalue weighted by Gasteiger charge is 2.37. The van der Waals surface area contributed by atoms with Crippen molar-refractivity contribution in [3.05, 3.63) is 30.1 Å². The van der Waals surface area contributed by atoms with Crippen LogP contribution in [0, 0.1) is 5.82 Å². The van der Waals surface area contributed by atoms with Crippen LogP contribution in [0.1, 0.15) is 12.8 Å². The molecule has 0 amide bonds. The van der Waals surface area contributed by atoms with E-state index in [2.05, 4.69) is 4.72 Å². The molecule has 0 bridgehead atoms. The van der Waals surface area contributed by atoms with E-state index in [4.69, 9.17) is 4.74 Å². The molecule has 2 N–H and O–H groups in total. The van der Waals surface area contributed by atoms with Crippen molar-refractivity contribution in [2.24, 2.45) is 0 Å². The van der Waals surface area contributed by atoms with E-state index in [-0.39, 0.29) is 6.61 Å². The van der Waals surface area contributed by atoms with Crippen molar-refractivity contribution >= 4 is 10.0 Å². The maximum atomic E-state index is 13.6. The van der Waals surface area contributed by atoms with Gasteiger partial charge in [-0.15, -0.1) is 0 Å². The Morgan fingerprint density at radius 3 is 2.53 bits per heavy atom. The molecule has 2 rings (SSSR count). The highest BCUT2D eigenvalue weighted by molar-refractivity contribution is 7.89. The molecule has 1 fully saturated rings. The molecule has 1 aliphatic rings. The molecule has 1 aliphatic heterocycles. The largest absolute Gasteiger partial charge is 0.394 e. The van der Waals surface area contributed by atoms with Crippen molar-refractivity contribution in [3.8, 4) is 0 Å². The van der Waals surface area contributed by atoms with Gasteiger partial charge in [-0.2, -0.15) is 0 Å². The normalized spacial score (nSPS) is 19.3. The van der Waals surface area contributed by atoms with Crippen LogP contribution in [-0.2, 0) is 14.8 Å². The van der Waals surface area contributed by atoms with Gasteiger partial charge >= 0.3 is 0 Å². The van der Waals surface area contributed by atoms with Crippen molar-refractivity contribution in [2.75, 3.05) is 19.8 Å². The smallest absolute Gasteiger partial charge is 0.244 e. The van der Waals surface area contributed by atoms with E-state index in [1.807, 2.05) is 0 Å². The number of aliphatic hydroxyl groups is 1. The van der Waals surface area contributed by atoms with Gasteiger partial charge in [0.25, 0.3) is 0 Å². The van der Waals surface area contributed by atoms with E-state index in [1.165, 1.54) is 18.2 Å². The third-order valence-corrected chi connectivity index (χ3v) is 4.84. The molecule has 19 heavy (non-hydrogen) atoms. The standard InChI is InChI=1S/C12H16FNO4S/c13-10-3-1-2-4-11(10)19(16,17)14-12(9-15)5-7-18-8-6-12/h1-4,14-15H,5-9H2. The molecule has 5 nitrogen and oxygen atoms in total. The van der Waals surface area contributed by atoms with Crippen LogP contribution in [0.4, 0.5) is 4.39 Å². The first-order valence-electron chi connectivity index (χ1n) is 5.96. The van der Waals surface area contributed by atoms with Gasteiger partial charge in [-0.3, -0.25) is 0 Å². The third kappa shape index (κ3) is 3.11. The molecule has 0 unspecified atom stereocenters. The predicted molar refractivity (Wildman–Crippen MR) is 66.6 cm³/mol. The lowest BCUT2D eigenvalue weighted by Gasteiger charge is -2.35. The fourth-order valence-corrected chi connectivity index (χ4v) is 3.59. The van der Waals surface area contributed by atoms with Crippen LogP contribution in [0.15, 0.2) is 29.2 Å². The molecule has 106 valence electrons. The number of benzene rings is 1. The minimum Gasteiger partial charge on any atom is -0.394 e. The Morgan fingerprint density at radius 1 is 1.32 bits per heavy atom. The Kier molecular flexibility index (Phi) is 4.19. The molecule has 0 saturated carbocycles. The molecule has 1 heterocycles. The molecule has 0 aliphatic carbocycles. The summed E-state index contributed by atoms with van der Waals surface area (Å²) in [5, 5.41) is 9.44. The summed E-state index contributed by atoms with van der Waals surface area (Å²) in [6.45, 7) is 0.380. The van der Waals surface area contributed by atoms with Gasteiger partial charge in [0.15, 0.2) is 0 Å². The van der Waals surface area contributed by atoms with Gasteiger partial charge < -0.3 is 9.84 Å². The van der Waals surface area contributed by atoms with Crippen molar-refractivity contribution < 1.29 is 22.7 Å². The molecular formula is C12H16FNO4S. The fraction of sp³-hybridized carbons (Fsp3) is 0.500. The summed E-state index contributed by atoms with van der Waals surface area (Å²) in [7, 11) is -4.00. The molecule has 0 radical (unpaired) electrons. The first kappa shape index (κ1) is 14.4. The van der Waals surface area contributed by atoms with Gasteiger partial charge in [0.05, 0.1) is 12.1 Å². The second-order valence-corrected chi connectivity index (χ2v) is 6.24. The number of hydrogen-bond acceptors (Lipinski definition) is 4. The van der Waals surface area contributed by atoms with Gasteiger partial charge in [-0.05, 0) is 25.0 Å². The first-order valence-corrected chi connectivity index (χ1v) is 7.45. The van der Waals surface area contributed by atoms with E-state index in [9.17, 15) is 17.9 Å². The Balaban J connectivity index is 2.28.